The van der Waals surface area contributed by atoms with Gasteiger partial charge in [0.05, 0.1) is 42.1 Å². The number of benzene rings is 1. The van der Waals surface area contributed by atoms with Crippen molar-refractivity contribution in [2.24, 2.45) is 0 Å². The van der Waals surface area contributed by atoms with Crippen LogP contribution in [-0.2, 0) is 13.2 Å². The van der Waals surface area contributed by atoms with E-state index in [4.69, 9.17) is 0 Å². The van der Waals surface area contributed by atoms with Gasteiger partial charge in [-0.1, -0.05) is 25.1 Å². The highest BCUT2D eigenvalue weighted by molar-refractivity contribution is 7.12. The van der Waals surface area contributed by atoms with Crippen LogP contribution in [0.3, 0.4) is 0 Å². The molecule has 1 amide bonds. The van der Waals surface area contributed by atoms with Gasteiger partial charge in [-0.2, -0.15) is 0 Å². The highest BCUT2D eigenvalue weighted by atomic mass is 32.1. The first-order valence-corrected chi connectivity index (χ1v) is 10.4. The minimum atomic E-state index is 0.0719. The maximum atomic E-state index is 12.9. The van der Waals surface area contributed by atoms with Crippen LogP contribution in [0.2, 0.25) is 0 Å². The molecule has 0 unspecified atom stereocenters. The average Bonchev–Trinajstić information content (AvgIpc) is 3.32. The molecule has 3 aromatic rings. The summed E-state index contributed by atoms with van der Waals surface area (Å²) in [6, 6.07) is 11.8. The van der Waals surface area contributed by atoms with E-state index < -0.39 is 0 Å². The Bertz CT molecular complexity index is 981. The van der Waals surface area contributed by atoms with Crippen molar-refractivity contribution in [2.45, 2.75) is 26.6 Å². The van der Waals surface area contributed by atoms with Crippen LogP contribution in [0, 0.1) is 0 Å². The lowest BCUT2D eigenvalue weighted by Gasteiger charge is -2.32. The fourth-order valence-electron chi connectivity index (χ4n) is 3.83. The number of hydrogen-bond donors (Lipinski definition) is 1. The Morgan fingerprint density at radius 3 is 2.41 bits per heavy atom. The number of nitrogens with zero attached hydrogens (tertiary/aromatic N) is 3. The molecule has 1 fully saturated rings. The number of carbonyl (C=O) groups excluding carboxylic acids is 1. The predicted molar refractivity (Wildman–Crippen MR) is 107 cm³/mol. The lowest BCUT2D eigenvalue weighted by molar-refractivity contribution is -0.926. The van der Waals surface area contributed by atoms with E-state index in [0.29, 0.717) is 6.67 Å². The summed E-state index contributed by atoms with van der Waals surface area (Å²) in [6.07, 6.45) is 0.935. The van der Waals surface area contributed by atoms with Crippen LogP contribution < -0.4 is 10.6 Å². The van der Waals surface area contributed by atoms with Crippen molar-refractivity contribution >= 4 is 28.3 Å². The summed E-state index contributed by atoms with van der Waals surface area (Å²) in [5.74, 6) is 0.126. The summed E-state index contributed by atoms with van der Waals surface area (Å²) in [4.78, 5) is 29.5. The fourth-order valence-corrected chi connectivity index (χ4v) is 4.52. The Morgan fingerprint density at radius 1 is 1.07 bits per heavy atom. The first-order chi connectivity index (χ1) is 13.2. The van der Waals surface area contributed by atoms with Gasteiger partial charge < -0.3 is 9.80 Å². The zero-order chi connectivity index (χ0) is 18.8. The standard InChI is InChI=1S/C20H24N4O2S/c1-2-9-23-16-6-3-4-7-17(16)24(20(23)26)15-21-10-12-22(13-11-21)19(25)18-8-5-14-27-18/h3-8,14H,2,9-13,15H2,1H3/p+1. The van der Waals surface area contributed by atoms with Crippen LogP contribution in [0.4, 0.5) is 0 Å². The number of fused-ring (bicyclic) bond motifs is 1. The maximum absolute atomic E-state index is 12.9. The van der Waals surface area contributed by atoms with Gasteiger partial charge in [0, 0.05) is 6.54 Å². The molecule has 6 nitrogen and oxygen atoms in total. The number of carbonyl (C=O) groups is 1. The molecule has 27 heavy (non-hydrogen) atoms. The molecule has 1 N–H and O–H groups in total. The third-order valence-electron chi connectivity index (χ3n) is 5.24. The molecule has 0 bridgehead atoms. The Labute approximate surface area is 162 Å². The number of hydrogen-bond acceptors (Lipinski definition) is 3. The molecular formula is C20H25N4O2S+. The molecule has 4 rings (SSSR count). The summed E-state index contributed by atoms with van der Waals surface area (Å²) in [5, 5.41) is 1.94. The van der Waals surface area contributed by atoms with Crippen molar-refractivity contribution in [3.05, 3.63) is 57.1 Å². The normalized spacial score (nSPS) is 15.5. The number of thiophene rings is 1. The monoisotopic (exact) mass is 385 g/mol. The Hall–Kier alpha value is -2.38. The zero-order valence-electron chi connectivity index (χ0n) is 15.6. The second-order valence-corrected chi connectivity index (χ2v) is 7.98. The molecule has 0 spiro atoms. The van der Waals surface area contributed by atoms with Crippen LogP contribution in [0.15, 0.2) is 46.6 Å². The number of nitrogens with one attached hydrogen (secondary N) is 1. The Kier molecular flexibility index (Phi) is 5.13. The van der Waals surface area contributed by atoms with Gasteiger partial charge in [0.1, 0.15) is 0 Å². The number of quaternary nitrogens is 1. The number of aryl methyl sites for hydroxylation is 1. The van der Waals surface area contributed by atoms with Crippen molar-refractivity contribution < 1.29 is 9.69 Å². The third kappa shape index (κ3) is 3.44. The molecule has 0 aliphatic carbocycles. The van der Waals surface area contributed by atoms with Crippen LogP contribution in [0.5, 0.6) is 0 Å². The molecule has 0 saturated carbocycles. The van der Waals surface area contributed by atoms with E-state index in [9.17, 15) is 9.59 Å². The van der Waals surface area contributed by atoms with E-state index in [1.54, 1.807) is 0 Å². The fraction of sp³-hybridized carbons (Fsp3) is 0.400. The smallest absolute Gasteiger partial charge is 0.327 e. The highest BCUT2D eigenvalue weighted by Crippen LogP contribution is 2.13. The van der Waals surface area contributed by atoms with Crippen molar-refractivity contribution in [3.63, 3.8) is 0 Å². The molecule has 1 aliphatic heterocycles. The average molecular weight is 386 g/mol. The number of para-hydroxylation sites is 2. The molecule has 142 valence electrons. The number of imidazole rings is 1. The van der Waals surface area contributed by atoms with Gasteiger partial charge in [0.2, 0.25) is 0 Å². The van der Waals surface area contributed by atoms with Crippen molar-refractivity contribution in [1.82, 2.24) is 14.0 Å². The molecule has 2 aromatic heterocycles. The van der Waals surface area contributed by atoms with Gasteiger partial charge in [-0.3, -0.25) is 9.36 Å². The Morgan fingerprint density at radius 2 is 1.78 bits per heavy atom. The van der Waals surface area contributed by atoms with E-state index in [1.807, 2.05) is 55.8 Å². The molecule has 3 heterocycles. The number of piperazine rings is 1. The first-order valence-electron chi connectivity index (χ1n) is 9.53. The molecule has 1 saturated heterocycles. The second kappa shape index (κ2) is 7.70. The molecule has 0 radical (unpaired) electrons. The van der Waals surface area contributed by atoms with E-state index in [-0.39, 0.29) is 11.6 Å². The first kappa shape index (κ1) is 18.0. The lowest BCUT2D eigenvalue weighted by atomic mass is 10.3. The minimum Gasteiger partial charge on any atom is -0.327 e. The maximum Gasteiger partial charge on any atom is 0.333 e. The van der Waals surface area contributed by atoms with Crippen LogP contribution in [-0.4, -0.2) is 46.1 Å². The van der Waals surface area contributed by atoms with E-state index >= 15 is 0 Å². The van der Waals surface area contributed by atoms with Gasteiger partial charge in [0.15, 0.2) is 6.67 Å². The van der Waals surface area contributed by atoms with Crippen LogP contribution >= 0.6 is 11.3 Å². The van der Waals surface area contributed by atoms with Gasteiger partial charge in [-0.05, 0) is 30.0 Å². The third-order valence-corrected chi connectivity index (χ3v) is 6.10. The van der Waals surface area contributed by atoms with E-state index in [0.717, 1.165) is 55.1 Å². The van der Waals surface area contributed by atoms with Crippen LogP contribution in [0.1, 0.15) is 23.0 Å². The predicted octanol–water partition coefficient (Wildman–Crippen LogP) is 1.27. The summed E-state index contributed by atoms with van der Waals surface area (Å²) >= 11 is 1.49. The quantitative estimate of drug-likeness (QED) is 0.719. The Balaban J connectivity index is 1.49. The van der Waals surface area contributed by atoms with Gasteiger partial charge in [-0.15, -0.1) is 11.3 Å². The summed E-state index contributed by atoms with van der Waals surface area (Å²) in [7, 11) is 0. The van der Waals surface area contributed by atoms with Crippen molar-refractivity contribution in [3.8, 4) is 0 Å². The topological polar surface area (TPSA) is 51.7 Å². The zero-order valence-corrected chi connectivity index (χ0v) is 16.4. The molecular weight excluding hydrogens is 360 g/mol. The molecule has 1 aliphatic rings. The molecule has 7 heteroatoms. The van der Waals surface area contributed by atoms with Crippen molar-refractivity contribution in [1.29, 1.82) is 0 Å². The van der Waals surface area contributed by atoms with Crippen LogP contribution in [0.25, 0.3) is 11.0 Å². The van der Waals surface area contributed by atoms with E-state index in [2.05, 4.69) is 6.92 Å². The van der Waals surface area contributed by atoms with Crippen molar-refractivity contribution in [2.75, 3.05) is 26.2 Å². The summed E-state index contributed by atoms with van der Waals surface area (Å²) < 4.78 is 3.78. The molecule has 0 atom stereocenters. The SMILES string of the molecule is CCCn1c(=O)n(C[NH+]2CCN(C(=O)c3cccs3)CC2)c2ccccc21. The number of amides is 1. The summed E-state index contributed by atoms with van der Waals surface area (Å²) in [5.41, 5.74) is 2.08. The van der Waals surface area contributed by atoms with Gasteiger partial charge >= 0.3 is 5.69 Å². The summed E-state index contributed by atoms with van der Waals surface area (Å²) in [6.45, 7) is 6.66. The van der Waals surface area contributed by atoms with Gasteiger partial charge in [-0.25, -0.2) is 9.36 Å². The highest BCUT2D eigenvalue weighted by Gasteiger charge is 2.26. The van der Waals surface area contributed by atoms with Gasteiger partial charge in [0.25, 0.3) is 5.91 Å². The second-order valence-electron chi connectivity index (χ2n) is 7.03. The van der Waals surface area contributed by atoms with E-state index in [1.165, 1.54) is 16.2 Å². The number of rotatable bonds is 5. The molecule has 1 aromatic carbocycles. The lowest BCUT2D eigenvalue weighted by Crippen LogP contribution is -3.14. The largest absolute Gasteiger partial charge is 0.333 e. The minimum absolute atomic E-state index is 0.0719. The number of aromatic nitrogens is 2.